The van der Waals surface area contributed by atoms with Crippen LogP contribution < -0.4 is 0 Å². The molecule has 1 saturated heterocycles. The van der Waals surface area contributed by atoms with E-state index in [1.54, 1.807) is 34.6 Å². The highest BCUT2D eigenvalue weighted by molar-refractivity contribution is 6.00. The van der Waals surface area contributed by atoms with Crippen molar-refractivity contribution in [3.63, 3.8) is 0 Å². The molecule has 43 heavy (non-hydrogen) atoms. The normalized spacial score (nSPS) is 40.5. The standard InChI is InChI=1S/C32H53NO10/c1-13-24-31(8,38)15-17(2)25(35)18(3)16-32(9,39-12)28(20(5)26(36)21(6)29(37)42-24)43-30-27(41-22(7)34)23(33(10)11)14-19(4)40-30/h15,18-21,23-24,27-28,30,38H,13-14,16H2,1-12H3/t18-,19-,20+,21-,23+,24-,27-,28-,30+,31+,32-/m1/s1. The first-order valence-corrected chi connectivity index (χ1v) is 15.2. The molecule has 11 heteroatoms. The number of ether oxygens (including phenoxy) is 5. The van der Waals surface area contributed by atoms with Gasteiger partial charge in [0.2, 0.25) is 0 Å². The summed E-state index contributed by atoms with van der Waals surface area (Å²) in [5.41, 5.74) is -2.56. The quantitative estimate of drug-likeness (QED) is 0.350. The van der Waals surface area contributed by atoms with Crippen molar-refractivity contribution in [3.05, 3.63) is 11.6 Å². The number of likely N-dealkylation sites (N-methyl/N-ethyl adjacent to an activating group) is 1. The van der Waals surface area contributed by atoms with Crippen LogP contribution >= 0.6 is 0 Å². The molecule has 0 bridgehead atoms. The molecule has 1 N–H and O–H groups in total. The fourth-order valence-corrected chi connectivity index (χ4v) is 6.42. The van der Waals surface area contributed by atoms with Crippen LogP contribution in [0.5, 0.6) is 0 Å². The second-order valence-corrected chi connectivity index (χ2v) is 13.0. The van der Waals surface area contributed by atoms with Gasteiger partial charge in [0.15, 0.2) is 24.0 Å². The molecule has 2 aliphatic rings. The van der Waals surface area contributed by atoms with Crippen LogP contribution in [0.25, 0.3) is 0 Å². The van der Waals surface area contributed by atoms with E-state index >= 15 is 0 Å². The number of methoxy groups -OCH3 is 1. The number of nitrogens with zero attached hydrogens (tertiary/aromatic N) is 1. The van der Waals surface area contributed by atoms with Crippen molar-refractivity contribution in [2.75, 3.05) is 21.2 Å². The number of rotatable bonds is 6. The third-order valence-electron chi connectivity index (χ3n) is 8.92. The molecule has 0 saturated carbocycles. The third-order valence-corrected chi connectivity index (χ3v) is 8.92. The third kappa shape index (κ3) is 8.72. The van der Waals surface area contributed by atoms with Crippen molar-refractivity contribution in [1.82, 2.24) is 4.90 Å². The molecule has 246 valence electrons. The summed E-state index contributed by atoms with van der Waals surface area (Å²) in [5.74, 6) is -4.73. The van der Waals surface area contributed by atoms with Gasteiger partial charge >= 0.3 is 11.9 Å². The molecule has 0 radical (unpaired) electrons. The molecule has 0 aromatic heterocycles. The highest BCUT2D eigenvalue weighted by Gasteiger charge is 2.50. The van der Waals surface area contributed by atoms with Crippen LogP contribution in [0.4, 0.5) is 0 Å². The summed E-state index contributed by atoms with van der Waals surface area (Å²) in [6.45, 7) is 14.6. The van der Waals surface area contributed by atoms with Gasteiger partial charge in [-0.1, -0.05) is 20.8 Å². The van der Waals surface area contributed by atoms with Gasteiger partial charge in [0.25, 0.3) is 0 Å². The van der Waals surface area contributed by atoms with Gasteiger partial charge in [0.1, 0.15) is 17.6 Å². The number of hydrogen-bond acceptors (Lipinski definition) is 11. The summed E-state index contributed by atoms with van der Waals surface area (Å²) in [5, 5.41) is 11.2. The number of cyclic esters (lactones) is 1. The number of aliphatic hydroxyl groups is 1. The molecule has 11 nitrogen and oxygen atoms in total. The lowest BCUT2D eigenvalue weighted by Crippen LogP contribution is -2.60. The SMILES string of the molecule is CC[C@H]1OC(=O)[C@H](C)C(=O)[C@H](C)[C@@H](O[C@@H]2O[C@H](C)C[C@H](N(C)C)[C@H]2OC(C)=O)[C@](C)(OC)C[C@@H](C)C(=O)C(C)=C[C@]1(C)O. The maximum absolute atomic E-state index is 13.9. The summed E-state index contributed by atoms with van der Waals surface area (Å²) in [6, 6.07) is -0.239. The Balaban J connectivity index is 2.68. The molecule has 2 aliphatic heterocycles. The summed E-state index contributed by atoms with van der Waals surface area (Å²) >= 11 is 0. The van der Waals surface area contributed by atoms with E-state index in [9.17, 15) is 24.3 Å². The minimum Gasteiger partial charge on any atom is -0.458 e. The Morgan fingerprint density at radius 3 is 2.26 bits per heavy atom. The molecule has 0 spiro atoms. The Morgan fingerprint density at radius 2 is 1.74 bits per heavy atom. The van der Waals surface area contributed by atoms with Gasteiger partial charge in [-0.05, 0) is 79.6 Å². The Kier molecular flexibility index (Phi) is 12.7. The minimum atomic E-state index is -1.64. The van der Waals surface area contributed by atoms with Gasteiger partial charge in [-0.25, -0.2) is 0 Å². The molecule has 0 aliphatic carbocycles. The van der Waals surface area contributed by atoms with Crippen molar-refractivity contribution in [3.8, 4) is 0 Å². The summed E-state index contributed by atoms with van der Waals surface area (Å²) in [4.78, 5) is 54.8. The lowest BCUT2D eigenvalue weighted by Gasteiger charge is -2.47. The second-order valence-electron chi connectivity index (χ2n) is 13.0. The number of esters is 2. The fraction of sp³-hybridized carbons (Fsp3) is 0.812. The molecule has 0 aromatic carbocycles. The predicted octanol–water partition coefficient (Wildman–Crippen LogP) is 3.24. The zero-order valence-electron chi connectivity index (χ0n) is 28.0. The molecule has 1 fully saturated rings. The number of carbonyl (C=O) groups excluding carboxylic acids is 4. The van der Waals surface area contributed by atoms with Gasteiger partial charge in [0.05, 0.1) is 23.9 Å². The van der Waals surface area contributed by atoms with Gasteiger partial charge in [-0.3, -0.25) is 19.2 Å². The monoisotopic (exact) mass is 611 g/mol. The predicted molar refractivity (Wildman–Crippen MR) is 159 cm³/mol. The largest absolute Gasteiger partial charge is 0.458 e. The Labute approximate surface area is 256 Å². The van der Waals surface area contributed by atoms with Crippen LogP contribution in [0.3, 0.4) is 0 Å². The molecule has 2 heterocycles. The Bertz CT molecular complexity index is 1050. The van der Waals surface area contributed by atoms with Crippen molar-refractivity contribution >= 4 is 23.5 Å². The van der Waals surface area contributed by atoms with Crippen molar-refractivity contribution < 1.29 is 48.0 Å². The molecular formula is C32H53NO10. The van der Waals surface area contributed by atoms with Gasteiger partial charge in [-0.15, -0.1) is 0 Å². The molecule has 0 aromatic rings. The van der Waals surface area contributed by atoms with Gasteiger partial charge in [-0.2, -0.15) is 0 Å². The van der Waals surface area contributed by atoms with Gasteiger partial charge in [0, 0.05) is 25.9 Å². The lowest BCUT2D eigenvalue weighted by atomic mass is 9.77. The smallest absolute Gasteiger partial charge is 0.316 e. The van der Waals surface area contributed by atoms with E-state index < -0.39 is 71.3 Å². The number of carbonyl (C=O) groups is 4. The minimum absolute atomic E-state index is 0.144. The zero-order chi connectivity index (χ0) is 33.0. The summed E-state index contributed by atoms with van der Waals surface area (Å²) in [6.07, 6.45) is -1.76. The van der Waals surface area contributed by atoms with E-state index in [0.29, 0.717) is 12.0 Å². The average Bonchev–Trinajstić information content (AvgIpc) is 2.92. The number of ketones is 2. The molecular weight excluding hydrogens is 558 g/mol. The van der Waals surface area contributed by atoms with Crippen LogP contribution in [0.2, 0.25) is 0 Å². The molecule has 0 unspecified atom stereocenters. The maximum Gasteiger partial charge on any atom is 0.316 e. The Hall–Kier alpha value is -2.18. The number of hydrogen-bond donors (Lipinski definition) is 1. The van der Waals surface area contributed by atoms with Crippen LogP contribution in [-0.2, 0) is 42.9 Å². The second kappa shape index (κ2) is 14.7. The topological polar surface area (TPSA) is 138 Å². The van der Waals surface area contributed by atoms with Crippen LogP contribution in [0, 0.1) is 17.8 Å². The summed E-state index contributed by atoms with van der Waals surface area (Å²) in [7, 11) is 5.22. The van der Waals surface area contributed by atoms with Crippen molar-refractivity contribution in [1.29, 1.82) is 0 Å². The van der Waals surface area contributed by atoms with Crippen LogP contribution in [0.1, 0.15) is 81.6 Å². The van der Waals surface area contributed by atoms with E-state index in [1.807, 2.05) is 25.9 Å². The van der Waals surface area contributed by atoms with E-state index in [1.165, 1.54) is 34.0 Å². The first-order chi connectivity index (χ1) is 19.8. The highest BCUT2D eigenvalue weighted by Crippen LogP contribution is 2.38. The lowest BCUT2D eigenvalue weighted by molar-refractivity contribution is -0.297. The van der Waals surface area contributed by atoms with E-state index in [0.717, 1.165) is 0 Å². The molecule has 11 atom stereocenters. The van der Waals surface area contributed by atoms with Crippen LogP contribution in [0.15, 0.2) is 11.6 Å². The fourth-order valence-electron chi connectivity index (χ4n) is 6.42. The zero-order valence-corrected chi connectivity index (χ0v) is 28.0. The first-order valence-electron chi connectivity index (χ1n) is 15.2. The highest BCUT2D eigenvalue weighted by atomic mass is 16.7. The number of allylic oxidation sites excluding steroid dienone is 1. The first kappa shape index (κ1) is 37.0. The summed E-state index contributed by atoms with van der Waals surface area (Å²) < 4.78 is 30.2. The number of Topliss-reactive ketones (excluding diaryl/α,β-unsaturated/α-hetero) is 2. The molecule has 0 amide bonds. The maximum atomic E-state index is 13.9. The van der Waals surface area contributed by atoms with Gasteiger partial charge < -0.3 is 33.7 Å². The van der Waals surface area contributed by atoms with Crippen LogP contribution in [-0.4, -0.2) is 103 Å². The average molecular weight is 612 g/mol. The van der Waals surface area contributed by atoms with Crippen molar-refractivity contribution in [2.24, 2.45) is 17.8 Å². The van der Waals surface area contributed by atoms with E-state index in [-0.39, 0.29) is 30.8 Å². The van der Waals surface area contributed by atoms with E-state index in [2.05, 4.69) is 0 Å². The van der Waals surface area contributed by atoms with Crippen molar-refractivity contribution in [2.45, 2.75) is 130 Å². The Morgan fingerprint density at radius 1 is 1.14 bits per heavy atom. The van der Waals surface area contributed by atoms with E-state index in [4.69, 9.17) is 23.7 Å². The molecule has 2 rings (SSSR count).